The van der Waals surface area contributed by atoms with E-state index in [-0.39, 0.29) is 17.3 Å². The Bertz CT molecular complexity index is 1110. The summed E-state index contributed by atoms with van der Waals surface area (Å²) in [4.78, 5) is 12.5. The van der Waals surface area contributed by atoms with Gasteiger partial charge >= 0.3 is 0 Å². The molecule has 1 unspecified atom stereocenters. The summed E-state index contributed by atoms with van der Waals surface area (Å²) in [5, 5.41) is 2.36. The van der Waals surface area contributed by atoms with Crippen molar-refractivity contribution in [2.45, 2.75) is 17.6 Å². The first-order valence-electron chi connectivity index (χ1n) is 8.33. The number of rotatable bonds is 6. The Labute approximate surface area is 160 Å². The maximum Gasteiger partial charge on any atom is 0.287 e. The molecule has 28 heavy (non-hydrogen) atoms. The van der Waals surface area contributed by atoms with E-state index in [1.165, 1.54) is 42.5 Å². The number of furan rings is 1. The number of amides is 1. The highest BCUT2D eigenvalue weighted by molar-refractivity contribution is 7.90. The molecule has 2 aromatic carbocycles. The zero-order valence-corrected chi connectivity index (χ0v) is 15.7. The van der Waals surface area contributed by atoms with Crippen molar-refractivity contribution >= 4 is 15.7 Å². The van der Waals surface area contributed by atoms with Crippen molar-refractivity contribution in [3.63, 3.8) is 0 Å². The molecular weight excluding hydrogens is 388 g/mol. The Hall–Kier alpha value is -3.00. The molecule has 0 bridgehead atoms. The van der Waals surface area contributed by atoms with E-state index in [0.29, 0.717) is 11.1 Å². The first-order chi connectivity index (χ1) is 13.2. The Kier molecular flexibility index (Phi) is 5.60. The van der Waals surface area contributed by atoms with Crippen LogP contribution in [-0.2, 0) is 16.3 Å². The van der Waals surface area contributed by atoms with E-state index < -0.39 is 33.4 Å². The normalized spacial score (nSPS) is 12.5. The summed E-state index contributed by atoms with van der Waals surface area (Å²) in [5.74, 6) is -1.76. The number of benzene rings is 2. The van der Waals surface area contributed by atoms with Gasteiger partial charge in [-0.1, -0.05) is 24.3 Å². The van der Waals surface area contributed by atoms with Gasteiger partial charge in [0, 0.05) is 6.26 Å². The predicted molar refractivity (Wildman–Crippen MR) is 98.5 cm³/mol. The molecule has 1 N–H and O–H groups in total. The Morgan fingerprint density at radius 3 is 2.32 bits per heavy atom. The second kappa shape index (κ2) is 7.93. The standard InChI is InChI=1S/C20H17F2NO4S/c1-28(25,26)19-9-8-18(27-19)20(24)23-17(14-5-3-7-16(22)12-14)11-13-4-2-6-15(21)10-13/h2-10,12,17H,11H2,1H3,(H,23,24). The first-order valence-corrected chi connectivity index (χ1v) is 10.2. The van der Waals surface area contributed by atoms with Crippen LogP contribution in [0.5, 0.6) is 0 Å². The van der Waals surface area contributed by atoms with E-state index in [4.69, 9.17) is 4.42 Å². The van der Waals surface area contributed by atoms with Crippen molar-refractivity contribution in [3.05, 3.63) is 89.2 Å². The molecule has 0 aliphatic carbocycles. The van der Waals surface area contributed by atoms with Gasteiger partial charge in [-0.25, -0.2) is 17.2 Å². The lowest BCUT2D eigenvalue weighted by atomic mass is 9.98. The van der Waals surface area contributed by atoms with Gasteiger partial charge in [0.05, 0.1) is 6.04 Å². The molecule has 0 radical (unpaired) electrons. The maximum atomic E-state index is 13.7. The number of halogens is 2. The largest absolute Gasteiger partial charge is 0.440 e. The molecule has 0 spiro atoms. The van der Waals surface area contributed by atoms with Gasteiger partial charge < -0.3 is 9.73 Å². The fraction of sp³-hybridized carbons (Fsp3) is 0.150. The van der Waals surface area contributed by atoms with E-state index in [1.807, 2.05) is 0 Å². The molecule has 3 rings (SSSR count). The van der Waals surface area contributed by atoms with E-state index in [1.54, 1.807) is 18.2 Å². The van der Waals surface area contributed by atoms with E-state index in [9.17, 15) is 22.0 Å². The minimum absolute atomic E-state index is 0.193. The summed E-state index contributed by atoms with van der Waals surface area (Å²) in [7, 11) is -3.59. The van der Waals surface area contributed by atoms with E-state index >= 15 is 0 Å². The van der Waals surface area contributed by atoms with Crippen molar-refractivity contribution in [3.8, 4) is 0 Å². The predicted octanol–water partition coefficient (Wildman–Crippen LogP) is 3.68. The topological polar surface area (TPSA) is 76.4 Å². The summed E-state index contributed by atoms with van der Waals surface area (Å²) in [6.45, 7) is 0. The van der Waals surface area contributed by atoms with E-state index in [2.05, 4.69) is 5.32 Å². The molecule has 8 heteroatoms. The average Bonchev–Trinajstić information content (AvgIpc) is 3.12. The Morgan fingerprint density at radius 2 is 1.71 bits per heavy atom. The summed E-state index contributed by atoms with van der Waals surface area (Å²) < 4.78 is 55.3. The highest BCUT2D eigenvalue weighted by Crippen LogP contribution is 2.22. The highest BCUT2D eigenvalue weighted by atomic mass is 32.2. The lowest BCUT2D eigenvalue weighted by Gasteiger charge is -2.19. The van der Waals surface area contributed by atoms with Crippen LogP contribution in [-0.4, -0.2) is 20.6 Å². The molecule has 0 aliphatic heterocycles. The van der Waals surface area contributed by atoms with Crippen LogP contribution in [0.1, 0.15) is 27.7 Å². The van der Waals surface area contributed by atoms with Crippen molar-refractivity contribution in [2.75, 3.05) is 6.26 Å². The molecule has 1 amide bonds. The van der Waals surface area contributed by atoms with E-state index in [0.717, 1.165) is 6.26 Å². The third-order valence-electron chi connectivity index (χ3n) is 4.06. The van der Waals surface area contributed by atoms with Crippen molar-refractivity contribution in [1.29, 1.82) is 0 Å². The second-order valence-electron chi connectivity index (χ2n) is 6.31. The van der Waals surface area contributed by atoms with Gasteiger partial charge in [0.15, 0.2) is 5.76 Å². The second-order valence-corrected chi connectivity index (χ2v) is 8.25. The van der Waals surface area contributed by atoms with Crippen LogP contribution in [0.2, 0.25) is 0 Å². The number of carbonyl (C=O) groups is 1. The van der Waals surface area contributed by atoms with Crippen LogP contribution in [0.25, 0.3) is 0 Å². The fourth-order valence-electron chi connectivity index (χ4n) is 2.75. The number of carbonyl (C=O) groups excluding carboxylic acids is 1. The lowest BCUT2D eigenvalue weighted by molar-refractivity contribution is 0.0903. The van der Waals surface area contributed by atoms with Crippen LogP contribution >= 0.6 is 0 Å². The molecule has 146 valence electrons. The summed E-state index contributed by atoms with van der Waals surface area (Å²) in [6.07, 6.45) is 1.17. The van der Waals surface area contributed by atoms with Crippen molar-refractivity contribution in [2.24, 2.45) is 0 Å². The third kappa shape index (κ3) is 4.83. The lowest BCUT2D eigenvalue weighted by Crippen LogP contribution is -2.29. The molecule has 0 saturated carbocycles. The molecule has 0 saturated heterocycles. The molecule has 1 atom stereocenters. The number of hydrogen-bond donors (Lipinski definition) is 1. The Balaban J connectivity index is 1.88. The van der Waals surface area contributed by atoms with Crippen LogP contribution in [0.15, 0.2) is 70.2 Å². The van der Waals surface area contributed by atoms with Crippen LogP contribution in [0, 0.1) is 11.6 Å². The van der Waals surface area contributed by atoms with Gasteiger partial charge in [0.25, 0.3) is 5.91 Å². The molecule has 1 aromatic heterocycles. The summed E-state index contributed by atoms with van der Waals surface area (Å²) in [6, 6.07) is 13.3. The quantitative estimate of drug-likeness (QED) is 0.679. The van der Waals surface area contributed by atoms with Crippen LogP contribution < -0.4 is 5.32 Å². The molecular formula is C20H17F2NO4S. The number of sulfone groups is 1. The zero-order chi connectivity index (χ0) is 20.3. The highest BCUT2D eigenvalue weighted by Gasteiger charge is 2.21. The molecule has 0 fully saturated rings. The van der Waals surface area contributed by atoms with Crippen LogP contribution in [0.4, 0.5) is 8.78 Å². The zero-order valence-electron chi connectivity index (χ0n) is 14.9. The third-order valence-corrected chi connectivity index (χ3v) is 5.01. The number of hydrogen-bond acceptors (Lipinski definition) is 4. The molecule has 1 heterocycles. The SMILES string of the molecule is CS(=O)(=O)c1ccc(C(=O)NC(Cc2cccc(F)c2)c2cccc(F)c2)o1. The summed E-state index contributed by atoms with van der Waals surface area (Å²) >= 11 is 0. The minimum atomic E-state index is -3.59. The molecule has 0 aliphatic rings. The molecule has 5 nitrogen and oxygen atoms in total. The monoisotopic (exact) mass is 405 g/mol. The Morgan fingerprint density at radius 1 is 1.04 bits per heavy atom. The smallest absolute Gasteiger partial charge is 0.287 e. The van der Waals surface area contributed by atoms with Gasteiger partial charge in [-0.3, -0.25) is 4.79 Å². The number of nitrogens with one attached hydrogen (secondary N) is 1. The van der Waals surface area contributed by atoms with Crippen molar-refractivity contribution in [1.82, 2.24) is 5.32 Å². The average molecular weight is 405 g/mol. The van der Waals surface area contributed by atoms with Gasteiger partial charge in [-0.2, -0.15) is 0 Å². The van der Waals surface area contributed by atoms with Gasteiger partial charge in [0.2, 0.25) is 14.9 Å². The minimum Gasteiger partial charge on any atom is -0.440 e. The van der Waals surface area contributed by atoms with Gasteiger partial charge in [-0.05, 0) is 53.9 Å². The van der Waals surface area contributed by atoms with Crippen LogP contribution in [0.3, 0.4) is 0 Å². The van der Waals surface area contributed by atoms with Gasteiger partial charge in [-0.15, -0.1) is 0 Å². The van der Waals surface area contributed by atoms with Gasteiger partial charge in [0.1, 0.15) is 11.6 Å². The van der Waals surface area contributed by atoms with Crippen molar-refractivity contribution < 1.29 is 26.4 Å². The first kappa shape index (κ1) is 19.8. The molecule has 3 aromatic rings. The maximum absolute atomic E-state index is 13.7. The summed E-state index contributed by atoms with van der Waals surface area (Å²) in [5.41, 5.74) is 1.08. The fourth-order valence-corrected chi connectivity index (χ4v) is 3.30.